The SMILES string of the molecule is Cc1ccc([C@H]2OCC(C)(C)[C@@H](C)O2)cc1. The standard InChI is InChI=1S/C14H20O2/c1-10-5-7-12(8-6-10)13-15-9-14(3,4)11(2)16-13/h5-8,11,13H,9H2,1-4H3/t11-,13+/m1/s1. The van der Waals surface area contributed by atoms with Crippen LogP contribution >= 0.6 is 0 Å². The van der Waals surface area contributed by atoms with Crippen molar-refractivity contribution >= 4 is 0 Å². The Balaban J connectivity index is 2.10. The van der Waals surface area contributed by atoms with Crippen LogP contribution in [0, 0.1) is 12.3 Å². The van der Waals surface area contributed by atoms with E-state index in [2.05, 4.69) is 52.0 Å². The van der Waals surface area contributed by atoms with E-state index in [1.807, 2.05) is 0 Å². The minimum Gasteiger partial charge on any atom is -0.348 e. The first-order chi connectivity index (χ1) is 7.49. The lowest BCUT2D eigenvalue weighted by Crippen LogP contribution is -2.40. The minimum atomic E-state index is -0.205. The van der Waals surface area contributed by atoms with Gasteiger partial charge in [0.25, 0.3) is 0 Å². The molecule has 0 aliphatic carbocycles. The van der Waals surface area contributed by atoms with Crippen molar-refractivity contribution < 1.29 is 9.47 Å². The third-order valence-electron chi connectivity index (χ3n) is 3.38. The van der Waals surface area contributed by atoms with Crippen LogP contribution in [0.4, 0.5) is 0 Å². The Kier molecular flexibility index (Phi) is 3.04. The Morgan fingerprint density at radius 3 is 2.38 bits per heavy atom. The lowest BCUT2D eigenvalue weighted by Gasteiger charge is -2.40. The van der Waals surface area contributed by atoms with Crippen molar-refractivity contribution in [2.24, 2.45) is 5.41 Å². The fourth-order valence-electron chi connectivity index (χ4n) is 1.72. The van der Waals surface area contributed by atoms with Gasteiger partial charge in [0.2, 0.25) is 0 Å². The molecule has 1 aromatic carbocycles. The van der Waals surface area contributed by atoms with Crippen LogP contribution in [0.1, 0.15) is 38.2 Å². The number of hydrogen-bond acceptors (Lipinski definition) is 2. The first-order valence-corrected chi connectivity index (χ1v) is 5.83. The van der Waals surface area contributed by atoms with Crippen LogP contribution in [0.15, 0.2) is 24.3 Å². The van der Waals surface area contributed by atoms with E-state index in [4.69, 9.17) is 9.47 Å². The van der Waals surface area contributed by atoms with Crippen molar-refractivity contribution in [3.05, 3.63) is 35.4 Å². The van der Waals surface area contributed by atoms with Crippen molar-refractivity contribution in [1.29, 1.82) is 0 Å². The van der Waals surface area contributed by atoms with Crippen molar-refractivity contribution in [1.82, 2.24) is 0 Å². The normalized spacial score (nSPS) is 29.0. The molecule has 0 aromatic heterocycles. The van der Waals surface area contributed by atoms with Crippen LogP contribution in [0.25, 0.3) is 0 Å². The van der Waals surface area contributed by atoms with E-state index in [9.17, 15) is 0 Å². The smallest absolute Gasteiger partial charge is 0.184 e. The molecule has 1 fully saturated rings. The summed E-state index contributed by atoms with van der Waals surface area (Å²) in [5, 5.41) is 0. The molecule has 88 valence electrons. The Morgan fingerprint density at radius 2 is 1.81 bits per heavy atom. The highest BCUT2D eigenvalue weighted by Gasteiger charge is 2.35. The predicted octanol–water partition coefficient (Wildman–Crippen LogP) is 3.46. The molecule has 0 amide bonds. The van der Waals surface area contributed by atoms with Gasteiger partial charge in [0, 0.05) is 11.0 Å². The van der Waals surface area contributed by atoms with E-state index < -0.39 is 0 Å². The molecule has 2 rings (SSSR count). The molecule has 0 bridgehead atoms. The second-order valence-corrected chi connectivity index (χ2v) is 5.32. The third-order valence-corrected chi connectivity index (χ3v) is 3.38. The van der Waals surface area contributed by atoms with E-state index in [1.54, 1.807) is 0 Å². The molecule has 2 heteroatoms. The lowest BCUT2D eigenvalue weighted by molar-refractivity contribution is -0.259. The number of hydrogen-bond donors (Lipinski definition) is 0. The molecule has 1 aliphatic heterocycles. The molecule has 2 atom stereocenters. The van der Waals surface area contributed by atoms with E-state index in [-0.39, 0.29) is 17.8 Å². The molecule has 1 heterocycles. The second kappa shape index (κ2) is 4.19. The second-order valence-electron chi connectivity index (χ2n) is 5.32. The molecule has 1 saturated heterocycles. The van der Waals surface area contributed by atoms with Crippen LogP contribution < -0.4 is 0 Å². The van der Waals surface area contributed by atoms with Gasteiger partial charge in [-0.1, -0.05) is 43.7 Å². The van der Waals surface area contributed by atoms with Gasteiger partial charge in [0.15, 0.2) is 6.29 Å². The van der Waals surface area contributed by atoms with Gasteiger partial charge in [0.1, 0.15) is 0 Å². The average molecular weight is 220 g/mol. The van der Waals surface area contributed by atoms with Gasteiger partial charge in [-0.3, -0.25) is 0 Å². The molecular formula is C14H20O2. The predicted molar refractivity (Wildman–Crippen MR) is 64.2 cm³/mol. The van der Waals surface area contributed by atoms with Gasteiger partial charge in [-0.05, 0) is 13.8 Å². The summed E-state index contributed by atoms with van der Waals surface area (Å²) in [6, 6.07) is 8.33. The lowest BCUT2D eigenvalue weighted by atomic mass is 9.87. The van der Waals surface area contributed by atoms with Gasteiger partial charge in [0.05, 0.1) is 12.7 Å². The van der Waals surface area contributed by atoms with Crippen LogP contribution in [-0.4, -0.2) is 12.7 Å². The van der Waals surface area contributed by atoms with Crippen molar-refractivity contribution in [2.45, 2.75) is 40.1 Å². The molecule has 1 aliphatic rings. The van der Waals surface area contributed by atoms with E-state index in [0.29, 0.717) is 0 Å². The Bertz CT molecular complexity index is 354. The molecule has 0 N–H and O–H groups in total. The van der Waals surface area contributed by atoms with Crippen molar-refractivity contribution in [2.75, 3.05) is 6.61 Å². The molecule has 0 radical (unpaired) electrons. The summed E-state index contributed by atoms with van der Waals surface area (Å²) in [6.45, 7) is 9.28. The van der Waals surface area contributed by atoms with Crippen molar-refractivity contribution in [3.8, 4) is 0 Å². The van der Waals surface area contributed by atoms with Crippen LogP contribution in [-0.2, 0) is 9.47 Å². The fraction of sp³-hybridized carbons (Fsp3) is 0.571. The maximum Gasteiger partial charge on any atom is 0.184 e. The highest BCUT2D eigenvalue weighted by Crippen LogP contribution is 2.35. The topological polar surface area (TPSA) is 18.5 Å². The van der Waals surface area contributed by atoms with Gasteiger partial charge < -0.3 is 9.47 Å². The number of benzene rings is 1. The summed E-state index contributed by atoms with van der Waals surface area (Å²) in [5.74, 6) is 0. The zero-order valence-corrected chi connectivity index (χ0v) is 10.5. The molecule has 0 saturated carbocycles. The molecule has 2 nitrogen and oxygen atoms in total. The Morgan fingerprint density at radius 1 is 1.19 bits per heavy atom. The van der Waals surface area contributed by atoms with Gasteiger partial charge in [-0.15, -0.1) is 0 Å². The number of rotatable bonds is 1. The summed E-state index contributed by atoms with van der Waals surface area (Å²) in [7, 11) is 0. The fourth-order valence-corrected chi connectivity index (χ4v) is 1.72. The largest absolute Gasteiger partial charge is 0.348 e. The summed E-state index contributed by atoms with van der Waals surface area (Å²) >= 11 is 0. The number of ether oxygens (including phenoxy) is 2. The zero-order valence-electron chi connectivity index (χ0n) is 10.5. The molecule has 0 unspecified atom stereocenters. The Hall–Kier alpha value is -0.860. The molecule has 1 aromatic rings. The monoisotopic (exact) mass is 220 g/mol. The summed E-state index contributed by atoms with van der Waals surface area (Å²) in [5.41, 5.74) is 2.46. The van der Waals surface area contributed by atoms with Gasteiger partial charge in [-0.25, -0.2) is 0 Å². The van der Waals surface area contributed by atoms with E-state index >= 15 is 0 Å². The summed E-state index contributed by atoms with van der Waals surface area (Å²) in [4.78, 5) is 0. The van der Waals surface area contributed by atoms with Gasteiger partial charge >= 0.3 is 0 Å². The maximum absolute atomic E-state index is 5.91. The van der Waals surface area contributed by atoms with Gasteiger partial charge in [-0.2, -0.15) is 0 Å². The molecular weight excluding hydrogens is 200 g/mol. The first-order valence-electron chi connectivity index (χ1n) is 5.83. The quantitative estimate of drug-likeness (QED) is 0.721. The van der Waals surface area contributed by atoms with Crippen LogP contribution in [0.3, 0.4) is 0 Å². The van der Waals surface area contributed by atoms with Crippen molar-refractivity contribution in [3.63, 3.8) is 0 Å². The molecule has 16 heavy (non-hydrogen) atoms. The molecule has 0 spiro atoms. The maximum atomic E-state index is 5.91. The first kappa shape index (κ1) is 11.6. The number of aryl methyl sites for hydroxylation is 1. The summed E-state index contributed by atoms with van der Waals surface area (Å²) < 4.78 is 11.7. The minimum absolute atomic E-state index is 0.0984. The zero-order chi connectivity index (χ0) is 11.8. The highest BCUT2D eigenvalue weighted by atomic mass is 16.7. The highest BCUT2D eigenvalue weighted by molar-refractivity contribution is 5.22. The van der Waals surface area contributed by atoms with E-state index in [0.717, 1.165) is 12.2 Å². The summed E-state index contributed by atoms with van der Waals surface area (Å²) in [6.07, 6.45) is 0.0104. The van der Waals surface area contributed by atoms with Crippen LogP contribution in [0.5, 0.6) is 0 Å². The third kappa shape index (κ3) is 2.28. The van der Waals surface area contributed by atoms with E-state index in [1.165, 1.54) is 5.56 Å². The van der Waals surface area contributed by atoms with Crippen LogP contribution in [0.2, 0.25) is 0 Å². The average Bonchev–Trinajstić information content (AvgIpc) is 2.24. The Labute approximate surface area is 97.6 Å².